The van der Waals surface area contributed by atoms with Gasteiger partial charge in [-0.05, 0) is 44.9 Å². The number of esters is 1. The van der Waals surface area contributed by atoms with E-state index in [0.717, 1.165) is 17.6 Å². The number of hydrogen-bond acceptors (Lipinski definition) is 6. The molecule has 1 spiro atoms. The Hall–Kier alpha value is -1.99. The second kappa shape index (κ2) is 8.87. The van der Waals surface area contributed by atoms with Crippen LogP contribution < -0.4 is 5.32 Å². The lowest BCUT2D eigenvalue weighted by atomic mass is 9.63. The Morgan fingerprint density at radius 2 is 1.84 bits per heavy atom. The number of ether oxygens (including phenoxy) is 1. The predicted molar refractivity (Wildman–Crippen MR) is 115 cm³/mol. The summed E-state index contributed by atoms with van der Waals surface area (Å²) in [6, 6.07) is -0.142. The van der Waals surface area contributed by atoms with E-state index in [9.17, 15) is 24.6 Å². The van der Waals surface area contributed by atoms with Gasteiger partial charge in [-0.15, -0.1) is 0 Å². The molecular formula is C24H35NO6. The lowest BCUT2D eigenvalue weighted by Crippen LogP contribution is -2.56. The van der Waals surface area contributed by atoms with E-state index in [1.54, 1.807) is 0 Å². The summed E-state index contributed by atoms with van der Waals surface area (Å²) in [6.07, 6.45) is 1.69. The zero-order valence-corrected chi connectivity index (χ0v) is 19.1. The molecule has 2 heterocycles. The third-order valence-electron chi connectivity index (χ3n) is 7.10. The molecule has 3 rings (SSSR count). The fraction of sp³-hybridized carbons (Fsp3) is 0.708. The highest BCUT2D eigenvalue weighted by Gasteiger charge is 2.64. The molecule has 3 aliphatic rings. The maximum Gasteiger partial charge on any atom is 0.310 e. The second-order valence-electron chi connectivity index (χ2n) is 9.92. The topological polar surface area (TPSA) is 113 Å². The number of allylic oxidation sites excluding steroid dienone is 2. The van der Waals surface area contributed by atoms with Crippen molar-refractivity contribution in [3.8, 4) is 0 Å². The molecule has 1 amide bonds. The van der Waals surface area contributed by atoms with Gasteiger partial charge in [-0.3, -0.25) is 14.4 Å². The zero-order valence-electron chi connectivity index (χ0n) is 19.1. The number of nitrogens with one attached hydrogen (secondary N) is 1. The Labute approximate surface area is 183 Å². The van der Waals surface area contributed by atoms with Gasteiger partial charge in [0.25, 0.3) is 5.91 Å². The number of rotatable bonds is 2. The molecule has 31 heavy (non-hydrogen) atoms. The zero-order chi connectivity index (χ0) is 23.1. The van der Waals surface area contributed by atoms with Gasteiger partial charge in [0.05, 0.1) is 6.42 Å². The molecule has 0 aromatic heterocycles. The van der Waals surface area contributed by atoms with Gasteiger partial charge in [0, 0.05) is 17.9 Å². The Bertz CT molecular complexity index is 815. The number of ketones is 1. The van der Waals surface area contributed by atoms with Crippen LogP contribution in [0.15, 0.2) is 23.3 Å². The smallest absolute Gasteiger partial charge is 0.310 e. The lowest BCUT2D eigenvalue weighted by molar-refractivity contribution is -0.179. The van der Waals surface area contributed by atoms with Crippen molar-refractivity contribution < 1.29 is 29.3 Å². The molecule has 172 valence electrons. The van der Waals surface area contributed by atoms with Crippen molar-refractivity contribution >= 4 is 17.7 Å². The number of hydrogen-bond donors (Lipinski definition) is 3. The molecule has 0 radical (unpaired) electrons. The summed E-state index contributed by atoms with van der Waals surface area (Å²) in [4.78, 5) is 38.6. The van der Waals surface area contributed by atoms with Gasteiger partial charge in [-0.1, -0.05) is 44.1 Å². The molecule has 1 fully saturated rings. The van der Waals surface area contributed by atoms with Crippen molar-refractivity contribution in [2.45, 2.75) is 84.2 Å². The summed E-state index contributed by atoms with van der Waals surface area (Å²) in [6.45, 7) is 10.2. The number of aliphatic hydroxyl groups excluding tert-OH is 2. The van der Waals surface area contributed by atoms with Crippen LogP contribution in [0.3, 0.4) is 0 Å². The maximum atomic E-state index is 13.5. The number of Topliss-reactive ketones (excluding diaryl/α,β-unsaturated/α-hetero) is 1. The molecule has 7 heteroatoms. The van der Waals surface area contributed by atoms with Gasteiger partial charge in [0.1, 0.15) is 12.2 Å². The second-order valence-corrected chi connectivity index (χ2v) is 9.92. The van der Waals surface area contributed by atoms with Gasteiger partial charge in [0.15, 0.2) is 5.78 Å². The molecule has 3 N–H and O–H groups in total. The number of aliphatic hydroxyl groups is 2. The van der Waals surface area contributed by atoms with Crippen LogP contribution in [-0.4, -0.2) is 51.7 Å². The summed E-state index contributed by atoms with van der Waals surface area (Å²) in [5.41, 5.74) is 0.607. The molecular weight excluding hydrogens is 398 g/mol. The van der Waals surface area contributed by atoms with Crippen LogP contribution in [0.1, 0.15) is 60.3 Å². The largest absolute Gasteiger partial charge is 0.447 e. The molecule has 0 saturated carbocycles. The van der Waals surface area contributed by atoms with Gasteiger partial charge in [0.2, 0.25) is 5.60 Å². The van der Waals surface area contributed by atoms with Crippen LogP contribution in [0.2, 0.25) is 0 Å². The Morgan fingerprint density at radius 3 is 2.48 bits per heavy atom. The van der Waals surface area contributed by atoms with E-state index in [-0.39, 0.29) is 30.2 Å². The normalized spacial score (nSPS) is 41.1. The van der Waals surface area contributed by atoms with Crippen molar-refractivity contribution in [3.63, 3.8) is 0 Å². The van der Waals surface area contributed by atoms with E-state index >= 15 is 0 Å². The summed E-state index contributed by atoms with van der Waals surface area (Å²) in [5.74, 6) is -2.28. The molecule has 7 nitrogen and oxygen atoms in total. The van der Waals surface area contributed by atoms with Gasteiger partial charge >= 0.3 is 5.97 Å². The van der Waals surface area contributed by atoms with E-state index in [0.29, 0.717) is 12.3 Å². The first kappa shape index (κ1) is 23.7. The average Bonchev–Trinajstić information content (AvgIpc) is 2.94. The highest BCUT2D eigenvalue weighted by Crippen LogP contribution is 2.51. The van der Waals surface area contributed by atoms with Crippen LogP contribution in [0.4, 0.5) is 0 Å². The average molecular weight is 434 g/mol. The first-order chi connectivity index (χ1) is 14.5. The van der Waals surface area contributed by atoms with Crippen molar-refractivity contribution in [3.05, 3.63) is 23.3 Å². The molecule has 2 aliphatic heterocycles. The van der Waals surface area contributed by atoms with Crippen LogP contribution >= 0.6 is 0 Å². The number of carbonyl (C=O) groups excluding carboxylic acids is 3. The molecule has 0 unspecified atom stereocenters. The molecule has 1 saturated heterocycles. The van der Waals surface area contributed by atoms with Crippen LogP contribution in [0, 0.1) is 23.7 Å². The molecule has 7 atom stereocenters. The highest BCUT2D eigenvalue weighted by molar-refractivity contribution is 5.94. The minimum absolute atomic E-state index is 0.0155. The minimum atomic E-state index is -1.66. The number of carbonyl (C=O) groups is 3. The van der Waals surface area contributed by atoms with Crippen molar-refractivity contribution in [1.82, 2.24) is 5.32 Å². The first-order valence-corrected chi connectivity index (χ1v) is 11.3. The van der Waals surface area contributed by atoms with Crippen LogP contribution in [-0.2, 0) is 19.1 Å². The Balaban J connectivity index is 2.13. The SMILES string of the molecule is CC1=C[C@@H]2/C=C(\C)CC[C@@H](O)C(=O)[C@@H](O)CC(=O)O[C@]23C(=O)N[C@@H](CC(C)C)[C@@H]3[C@@H]1C. The van der Waals surface area contributed by atoms with E-state index < -0.39 is 41.9 Å². The summed E-state index contributed by atoms with van der Waals surface area (Å²) in [7, 11) is 0. The summed E-state index contributed by atoms with van der Waals surface area (Å²) in [5, 5.41) is 23.4. The van der Waals surface area contributed by atoms with Gasteiger partial charge < -0.3 is 20.3 Å². The Kier molecular flexibility index (Phi) is 6.77. The summed E-state index contributed by atoms with van der Waals surface area (Å²) < 4.78 is 5.95. The monoisotopic (exact) mass is 433 g/mol. The van der Waals surface area contributed by atoms with E-state index in [1.165, 1.54) is 0 Å². The van der Waals surface area contributed by atoms with Crippen molar-refractivity contribution in [2.24, 2.45) is 23.7 Å². The quantitative estimate of drug-likeness (QED) is 0.454. The molecule has 0 aromatic carbocycles. The fourth-order valence-corrected chi connectivity index (χ4v) is 5.43. The van der Waals surface area contributed by atoms with Gasteiger partial charge in [-0.2, -0.15) is 0 Å². The summed E-state index contributed by atoms with van der Waals surface area (Å²) >= 11 is 0. The fourth-order valence-electron chi connectivity index (χ4n) is 5.43. The highest BCUT2D eigenvalue weighted by atomic mass is 16.6. The van der Waals surface area contributed by atoms with Gasteiger partial charge in [-0.25, -0.2) is 0 Å². The van der Waals surface area contributed by atoms with E-state index in [1.807, 2.05) is 26.0 Å². The maximum absolute atomic E-state index is 13.5. The van der Waals surface area contributed by atoms with Crippen molar-refractivity contribution in [2.75, 3.05) is 0 Å². The van der Waals surface area contributed by atoms with Crippen LogP contribution in [0.25, 0.3) is 0 Å². The van der Waals surface area contributed by atoms with Crippen LogP contribution in [0.5, 0.6) is 0 Å². The third-order valence-corrected chi connectivity index (χ3v) is 7.10. The predicted octanol–water partition coefficient (Wildman–Crippen LogP) is 2.06. The standard InChI is InChI=1S/C24H35NO6/c1-12(2)8-17-21-15(5)14(4)10-16-9-13(3)6-7-18(26)22(29)19(27)11-20(28)31-24(16,21)23(30)25-17/h9-10,12,15-19,21,26-27H,6-8,11H2,1-5H3,(H,25,30)/b13-9+/t15-,16+,17+,18-,19+,21+,24-/m1/s1. The van der Waals surface area contributed by atoms with E-state index in [4.69, 9.17) is 4.74 Å². The number of amides is 1. The lowest BCUT2D eigenvalue weighted by Gasteiger charge is -2.45. The molecule has 0 aromatic rings. The van der Waals surface area contributed by atoms with Crippen molar-refractivity contribution in [1.29, 1.82) is 0 Å². The first-order valence-electron chi connectivity index (χ1n) is 11.3. The minimum Gasteiger partial charge on any atom is -0.447 e. The molecule has 0 bridgehead atoms. The Morgan fingerprint density at radius 1 is 1.16 bits per heavy atom. The van der Waals surface area contributed by atoms with E-state index in [2.05, 4.69) is 26.1 Å². The third kappa shape index (κ3) is 4.35. The molecule has 1 aliphatic carbocycles.